The first kappa shape index (κ1) is 27.2. The number of carbonyl (C=O) groups is 3. The number of ether oxygens (including phenoxy) is 2. The number of nitrogens with zero attached hydrogens (tertiary/aromatic N) is 2. The fraction of sp³-hybridized carbons (Fsp3) is 0.458. The fourth-order valence-corrected chi connectivity index (χ4v) is 5.15. The molecule has 0 bridgehead atoms. The molecular formula is C24H27ClF2N4O5S. The molecular weight excluding hydrogens is 530 g/mol. The van der Waals surface area contributed by atoms with Crippen molar-refractivity contribution in [2.75, 3.05) is 43.6 Å². The van der Waals surface area contributed by atoms with Crippen LogP contribution >= 0.6 is 22.9 Å². The van der Waals surface area contributed by atoms with Crippen molar-refractivity contribution in [3.05, 3.63) is 39.5 Å². The smallest absolute Gasteiger partial charge is 0.387 e. The maximum Gasteiger partial charge on any atom is 0.387 e. The molecule has 4 rings (SSSR count). The van der Waals surface area contributed by atoms with E-state index in [1.54, 1.807) is 12.1 Å². The summed E-state index contributed by atoms with van der Waals surface area (Å²) in [6.07, 6.45) is 2.92. The summed E-state index contributed by atoms with van der Waals surface area (Å²) in [5, 5.41) is 5.53. The maximum atomic E-state index is 13.3. The number of likely N-dealkylation sites (N-methyl/N-ethyl adjacent to an activating group) is 1. The average molecular weight is 557 g/mol. The van der Waals surface area contributed by atoms with E-state index in [1.165, 1.54) is 23.1 Å². The van der Waals surface area contributed by atoms with Gasteiger partial charge in [0.05, 0.1) is 21.5 Å². The third-order valence-electron chi connectivity index (χ3n) is 6.42. The van der Waals surface area contributed by atoms with Crippen molar-refractivity contribution in [3.8, 4) is 5.75 Å². The van der Waals surface area contributed by atoms with Crippen LogP contribution < -0.4 is 20.3 Å². The van der Waals surface area contributed by atoms with Gasteiger partial charge < -0.3 is 25.0 Å². The summed E-state index contributed by atoms with van der Waals surface area (Å²) in [6.45, 7) is -2.80. The molecule has 37 heavy (non-hydrogen) atoms. The van der Waals surface area contributed by atoms with E-state index < -0.39 is 18.6 Å². The highest BCUT2D eigenvalue weighted by Crippen LogP contribution is 2.34. The van der Waals surface area contributed by atoms with Crippen LogP contribution in [0.5, 0.6) is 5.75 Å². The summed E-state index contributed by atoms with van der Waals surface area (Å²) in [5.41, 5.74) is 0.380. The number of thiophene rings is 1. The lowest BCUT2D eigenvalue weighted by Crippen LogP contribution is -2.54. The number of carbonyl (C=O) groups excluding carboxylic acids is 3. The molecule has 1 saturated heterocycles. The standard InChI is InChI=1S/C24H27ClF2N4O5S/c1-30(15-3-2-4-15)17(12-28-23(34)19-7-8-20(25)37-19)22(33)29-14-5-6-16(18(11-14)36-24(26)27)31-9-10-35-13-21(31)32/h5-8,11,15,17,24H,2-4,9-10,12-13H2,1H3,(H,28,34)(H,29,33)/t17-/m0/s1. The molecule has 9 nitrogen and oxygen atoms in total. The summed E-state index contributed by atoms with van der Waals surface area (Å²) >= 11 is 7.06. The first-order valence-corrected chi connectivity index (χ1v) is 13.0. The highest BCUT2D eigenvalue weighted by Gasteiger charge is 2.33. The first-order valence-electron chi connectivity index (χ1n) is 11.8. The second-order valence-corrected chi connectivity index (χ2v) is 10.4. The van der Waals surface area contributed by atoms with E-state index in [0.29, 0.717) is 9.21 Å². The van der Waals surface area contributed by atoms with Gasteiger partial charge in [0.1, 0.15) is 12.6 Å². The lowest BCUT2D eigenvalue weighted by atomic mass is 9.90. The van der Waals surface area contributed by atoms with E-state index in [9.17, 15) is 23.2 Å². The highest BCUT2D eigenvalue weighted by atomic mass is 35.5. The van der Waals surface area contributed by atoms with Crippen LogP contribution in [0.15, 0.2) is 30.3 Å². The molecule has 1 aromatic heterocycles. The number of morpholine rings is 1. The van der Waals surface area contributed by atoms with Crippen LogP contribution in [-0.4, -0.2) is 74.7 Å². The zero-order chi connectivity index (χ0) is 26.5. The molecule has 200 valence electrons. The summed E-state index contributed by atoms with van der Waals surface area (Å²) in [7, 11) is 1.82. The van der Waals surface area contributed by atoms with Gasteiger partial charge in [-0.1, -0.05) is 18.0 Å². The SMILES string of the molecule is CN(C1CCC1)[C@@H](CNC(=O)c1ccc(Cl)s1)C(=O)Nc1ccc(N2CCOCC2=O)c(OC(F)F)c1. The van der Waals surface area contributed by atoms with Crippen molar-refractivity contribution in [1.29, 1.82) is 0 Å². The van der Waals surface area contributed by atoms with Crippen LogP contribution in [0.2, 0.25) is 4.34 Å². The normalized spacial score (nSPS) is 17.0. The second-order valence-electron chi connectivity index (χ2n) is 8.73. The van der Waals surface area contributed by atoms with Gasteiger partial charge in [-0.2, -0.15) is 8.78 Å². The number of alkyl halides is 2. The number of anilines is 2. The molecule has 2 aliphatic rings. The molecule has 2 aromatic rings. The monoisotopic (exact) mass is 556 g/mol. The zero-order valence-electron chi connectivity index (χ0n) is 20.0. The van der Waals surface area contributed by atoms with Crippen LogP contribution in [0.25, 0.3) is 0 Å². The molecule has 1 aliphatic carbocycles. The van der Waals surface area contributed by atoms with E-state index in [4.69, 9.17) is 16.3 Å². The van der Waals surface area contributed by atoms with Gasteiger partial charge in [-0.25, -0.2) is 0 Å². The number of benzene rings is 1. The van der Waals surface area contributed by atoms with Crippen molar-refractivity contribution >= 4 is 52.0 Å². The molecule has 2 fully saturated rings. The molecule has 13 heteroatoms. The number of hydrogen-bond acceptors (Lipinski definition) is 7. The van der Waals surface area contributed by atoms with Gasteiger partial charge in [-0.3, -0.25) is 19.3 Å². The summed E-state index contributed by atoms with van der Waals surface area (Å²) in [5.74, 6) is -1.39. The third-order valence-corrected chi connectivity index (χ3v) is 7.65. The minimum absolute atomic E-state index is 0.0357. The number of nitrogens with one attached hydrogen (secondary N) is 2. The van der Waals surface area contributed by atoms with Crippen molar-refractivity contribution in [2.45, 2.75) is 38.0 Å². The molecule has 0 spiro atoms. The summed E-state index contributed by atoms with van der Waals surface area (Å²) < 4.78 is 36.6. The Balaban J connectivity index is 1.51. The molecule has 2 heterocycles. The van der Waals surface area contributed by atoms with Crippen molar-refractivity contribution < 1.29 is 32.6 Å². The van der Waals surface area contributed by atoms with Crippen LogP contribution in [0.1, 0.15) is 28.9 Å². The van der Waals surface area contributed by atoms with Crippen molar-refractivity contribution in [3.63, 3.8) is 0 Å². The predicted octanol–water partition coefficient (Wildman–Crippen LogP) is 3.59. The number of amides is 3. The van der Waals surface area contributed by atoms with Gasteiger partial charge in [0.25, 0.3) is 11.8 Å². The summed E-state index contributed by atoms with van der Waals surface area (Å²) in [6, 6.07) is 6.93. The predicted molar refractivity (Wildman–Crippen MR) is 136 cm³/mol. The highest BCUT2D eigenvalue weighted by molar-refractivity contribution is 7.18. The Labute approximate surface area is 221 Å². The molecule has 1 atom stereocenters. The molecule has 1 aliphatic heterocycles. The maximum absolute atomic E-state index is 13.3. The Morgan fingerprint density at radius 2 is 2.08 bits per heavy atom. The summed E-state index contributed by atoms with van der Waals surface area (Å²) in [4.78, 5) is 41.8. The van der Waals surface area contributed by atoms with Crippen molar-refractivity contribution in [2.24, 2.45) is 0 Å². The van der Waals surface area contributed by atoms with Gasteiger partial charge in [0.2, 0.25) is 5.91 Å². The Kier molecular flexibility index (Phi) is 8.95. The Bertz CT molecular complexity index is 1150. The van der Waals surface area contributed by atoms with E-state index in [0.717, 1.165) is 30.6 Å². The minimum Gasteiger partial charge on any atom is -0.433 e. The quantitative estimate of drug-likeness (QED) is 0.464. The third kappa shape index (κ3) is 6.75. The van der Waals surface area contributed by atoms with Gasteiger partial charge in [-0.05, 0) is 44.2 Å². The fourth-order valence-electron chi connectivity index (χ4n) is 4.19. The lowest BCUT2D eigenvalue weighted by molar-refractivity contribution is -0.126. The zero-order valence-corrected chi connectivity index (χ0v) is 21.6. The number of halogens is 3. The lowest BCUT2D eigenvalue weighted by Gasteiger charge is -2.39. The van der Waals surface area contributed by atoms with E-state index in [2.05, 4.69) is 15.4 Å². The van der Waals surface area contributed by atoms with Crippen LogP contribution in [0, 0.1) is 0 Å². The molecule has 1 saturated carbocycles. The van der Waals surface area contributed by atoms with E-state index >= 15 is 0 Å². The number of rotatable bonds is 10. The Morgan fingerprint density at radius 1 is 1.30 bits per heavy atom. The average Bonchev–Trinajstić information content (AvgIpc) is 3.25. The minimum atomic E-state index is -3.13. The van der Waals surface area contributed by atoms with Gasteiger partial charge in [-0.15, -0.1) is 11.3 Å². The van der Waals surface area contributed by atoms with Crippen LogP contribution in [-0.2, 0) is 14.3 Å². The molecule has 0 radical (unpaired) electrons. The van der Waals surface area contributed by atoms with Crippen LogP contribution in [0.4, 0.5) is 20.2 Å². The van der Waals surface area contributed by atoms with Gasteiger partial charge >= 0.3 is 6.61 Å². The Morgan fingerprint density at radius 3 is 2.70 bits per heavy atom. The van der Waals surface area contributed by atoms with Gasteiger partial charge in [0, 0.05) is 30.9 Å². The largest absolute Gasteiger partial charge is 0.433 e. The van der Waals surface area contributed by atoms with E-state index in [-0.39, 0.29) is 61.3 Å². The van der Waals surface area contributed by atoms with E-state index in [1.807, 2.05) is 11.9 Å². The molecule has 2 N–H and O–H groups in total. The molecule has 1 aromatic carbocycles. The first-order chi connectivity index (χ1) is 17.7. The van der Waals surface area contributed by atoms with Gasteiger partial charge in [0.15, 0.2) is 5.75 Å². The topological polar surface area (TPSA) is 100 Å². The molecule has 3 amide bonds. The van der Waals surface area contributed by atoms with Crippen molar-refractivity contribution in [1.82, 2.24) is 10.2 Å². The second kappa shape index (κ2) is 12.2. The molecule has 0 unspecified atom stereocenters. The number of hydrogen-bond donors (Lipinski definition) is 2. The Hall–Kier alpha value is -2.80. The van der Waals surface area contributed by atoms with Crippen LogP contribution in [0.3, 0.4) is 0 Å².